The molecule has 0 spiro atoms. The molecule has 0 aliphatic carbocycles. The molecule has 0 aliphatic heterocycles. The molecular formula is C21H17Cl3N2O2. The molecule has 0 radical (unpaired) electrons. The Labute approximate surface area is 177 Å². The fourth-order valence-corrected chi connectivity index (χ4v) is 3.31. The van der Waals surface area contributed by atoms with Gasteiger partial charge in [0.25, 0.3) is 11.5 Å². The lowest BCUT2D eigenvalue weighted by Crippen LogP contribution is -2.28. The van der Waals surface area contributed by atoms with Gasteiger partial charge < -0.3 is 9.47 Å². The minimum atomic E-state index is -0.209. The molecule has 3 rings (SSSR count). The van der Waals surface area contributed by atoms with E-state index in [2.05, 4.69) is 0 Å². The summed E-state index contributed by atoms with van der Waals surface area (Å²) in [6, 6.07) is 15.4. The molecule has 1 amide bonds. The molecule has 3 aromatic rings. The third-order valence-electron chi connectivity index (χ3n) is 4.28. The van der Waals surface area contributed by atoms with E-state index < -0.39 is 0 Å². The Morgan fingerprint density at radius 1 is 0.964 bits per heavy atom. The van der Waals surface area contributed by atoms with Crippen LogP contribution in [-0.2, 0) is 13.1 Å². The number of halogens is 3. The maximum absolute atomic E-state index is 12.8. The number of benzene rings is 2. The van der Waals surface area contributed by atoms with Gasteiger partial charge in [-0.05, 0) is 35.4 Å². The number of nitrogens with zero attached hydrogens (tertiary/aromatic N) is 2. The van der Waals surface area contributed by atoms with Gasteiger partial charge in [0.05, 0.1) is 22.2 Å². The average molecular weight is 436 g/mol. The molecule has 28 heavy (non-hydrogen) atoms. The van der Waals surface area contributed by atoms with Crippen molar-refractivity contribution in [3.8, 4) is 0 Å². The van der Waals surface area contributed by atoms with Gasteiger partial charge in [0.1, 0.15) is 0 Å². The van der Waals surface area contributed by atoms with E-state index in [0.717, 1.165) is 11.1 Å². The molecule has 0 saturated carbocycles. The van der Waals surface area contributed by atoms with Crippen LogP contribution in [0.15, 0.2) is 65.6 Å². The summed E-state index contributed by atoms with van der Waals surface area (Å²) >= 11 is 18.2. The number of rotatable bonds is 5. The lowest BCUT2D eigenvalue weighted by atomic mass is 10.2. The van der Waals surface area contributed by atoms with Crippen molar-refractivity contribution < 1.29 is 4.79 Å². The SMILES string of the molecule is CN(Cc1ccc(Cl)c(Cl)c1)C(=O)c1ccc(=O)n(Cc2ccccc2Cl)c1. The smallest absolute Gasteiger partial charge is 0.255 e. The second kappa shape index (κ2) is 8.82. The van der Waals surface area contributed by atoms with Gasteiger partial charge in [-0.2, -0.15) is 0 Å². The van der Waals surface area contributed by atoms with Gasteiger partial charge in [-0.3, -0.25) is 9.59 Å². The Bertz CT molecular complexity index is 1080. The van der Waals surface area contributed by atoms with Gasteiger partial charge in [0.2, 0.25) is 0 Å². The normalized spacial score (nSPS) is 10.7. The van der Waals surface area contributed by atoms with E-state index >= 15 is 0 Å². The second-order valence-corrected chi connectivity index (χ2v) is 7.61. The van der Waals surface area contributed by atoms with Crippen molar-refractivity contribution >= 4 is 40.7 Å². The van der Waals surface area contributed by atoms with E-state index in [-0.39, 0.29) is 18.0 Å². The molecule has 0 aliphatic rings. The zero-order valence-corrected chi connectivity index (χ0v) is 17.3. The van der Waals surface area contributed by atoms with Crippen LogP contribution in [0.2, 0.25) is 15.1 Å². The van der Waals surface area contributed by atoms with E-state index in [9.17, 15) is 9.59 Å². The summed E-state index contributed by atoms with van der Waals surface area (Å²) in [5.74, 6) is -0.209. The summed E-state index contributed by atoms with van der Waals surface area (Å²) in [5.41, 5.74) is 1.87. The van der Waals surface area contributed by atoms with E-state index in [0.29, 0.717) is 27.2 Å². The largest absolute Gasteiger partial charge is 0.337 e. The van der Waals surface area contributed by atoms with Crippen molar-refractivity contribution in [3.63, 3.8) is 0 Å². The maximum Gasteiger partial charge on any atom is 0.255 e. The first kappa shape index (κ1) is 20.5. The number of amides is 1. The molecule has 0 saturated heterocycles. The minimum absolute atomic E-state index is 0.205. The highest BCUT2D eigenvalue weighted by atomic mass is 35.5. The number of aromatic nitrogens is 1. The molecule has 7 heteroatoms. The van der Waals surface area contributed by atoms with E-state index in [1.807, 2.05) is 24.3 Å². The molecule has 0 fully saturated rings. The first-order valence-electron chi connectivity index (χ1n) is 8.48. The highest BCUT2D eigenvalue weighted by molar-refractivity contribution is 6.42. The number of hydrogen-bond donors (Lipinski definition) is 0. The van der Waals surface area contributed by atoms with Crippen LogP contribution >= 0.6 is 34.8 Å². The van der Waals surface area contributed by atoms with Crippen LogP contribution in [0.1, 0.15) is 21.5 Å². The van der Waals surface area contributed by atoms with Gasteiger partial charge in [0.15, 0.2) is 0 Å². The van der Waals surface area contributed by atoms with Crippen LogP contribution in [0.4, 0.5) is 0 Å². The lowest BCUT2D eigenvalue weighted by Gasteiger charge is -2.18. The van der Waals surface area contributed by atoms with Crippen molar-refractivity contribution in [3.05, 3.63) is 103 Å². The zero-order chi connectivity index (χ0) is 20.3. The summed E-state index contributed by atoms with van der Waals surface area (Å²) in [7, 11) is 1.69. The Kier molecular flexibility index (Phi) is 6.45. The van der Waals surface area contributed by atoms with Gasteiger partial charge >= 0.3 is 0 Å². The van der Waals surface area contributed by atoms with Crippen LogP contribution in [0, 0.1) is 0 Å². The van der Waals surface area contributed by atoms with Crippen LogP contribution in [-0.4, -0.2) is 22.4 Å². The molecular weight excluding hydrogens is 419 g/mol. The van der Waals surface area contributed by atoms with Crippen molar-refractivity contribution in [1.82, 2.24) is 9.47 Å². The minimum Gasteiger partial charge on any atom is -0.337 e. The van der Waals surface area contributed by atoms with E-state index in [4.69, 9.17) is 34.8 Å². The summed E-state index contributed by atoms with van der Waals surface area (Å²) < 4.78 is 1.47. The quantitative estimate of drug-likeness (QED) is 0.557. The fourth-order valence-electron chi connectivity index (χ4n) is 2.80. The van der Waals surface area contributed by atoms with Gasteiger partial charge in [-0.25, -0.2) is 0 Å². The third-order valence-corrected chi connectivity index (χ3v) is 5.39. The Hall–Kier alpha value is -2.27. The molecule has 0 N–H and O–H groups in total. The Balaban J connectivity index is 1.80. The standard InChI is InChI=1S/C21H17Cl3N2O2/c1-25(11-14-6-8-18(23)19(24)10-14)21(28)16-7-9-20(27)26(13-16)12-15-4-2-3-5-17(15)22/h2-10,13H,11-12H2,1H3. The van der Waals surface area contributed by atoms with Crippen molar-refractivity contribution in [2.75, 3.05) is 7.05 Å². The predicted octanol–water partition coefficient (Wildman–Crippen LogP) is 5.13. The molecule has 0 atom stereocenters. The van der Waals surface area contributed by atoms with E-state index in [1.165, 1.54) is 16.7 Å². The number of pyridine rings is 1. The summed E-state index contributed by atoms with van der Waals surface area (Å²) in [6.07, 6.45) is 1.55. The number of hydrogen-bond acceptors (Lipinski definition) is 2. The molecule has 2 aromatic carbocycles. The van der Waals surface area contributed by atoms with Crippen LogP contribution in [0.3, 0.4) is 0 Å². The molecule has 4 nitrogen and oxygen atoms in total. The Morgan fingerprint density at radius 2 is 1.71 bits per heavy atom. The van der Waals surface area contributed by atoms with E-state index in [1.54, 1.807) is 36.3 Å². The topological polar surface area (TPSA) is 42.3 Å². The lowest BCUT2D eigenvalue weighted by molar-refractivity contribution is 0.0784. The van der Waals surface area contributed by atoms with Crippen LogP contribution in [0.25, 0.3) is 0 Å². The molecule has 0 bridgehead atoms. The fraction of sp³-hybridized carbons (Fsp3) is 0.143. The zero-order valence-electron chi connectivity index (χ0n) is 15.0. The highest BCUT2D eigenvalue weighted by Crippen LogP contribution is 2.23. The number of carbonyl (C=O) groups is 1. The molecule has 1 heterocycles. The van der Waals surface area contributed by atoms with Crippen LogP contribution in [0.5, 0.6) is 0 Å². The van der Waals surface area contributed by atoms with Gasteiger partial charge in [0, 0.05) is 30.9 Å². The first-order chi connectivity index (χ1) is 13.3. The Morgan fingerprint density at radius 3 is 2.43 bits per heavy atom. The van der Waals surface area contributed by atoms with Gasteiger partial charge in [-0.1, -0.05) is 59.1 Å². The van der Waals surface area contributed by atoms with Crippen LogP contribution < -0.4 is 5.56 Å². The number of carbonyl (C=O) groups excluding carboxylic acids is 1. The highest BCUT2D eigenvalue weighted by Gasteiger charge is 2.14. The van der Waals surface area contributed by atoms with Gasteiger partial charge in [-0.15, -0.1) is 0 Å². The second-order valence-electron chi connectivity index (χ2n) is 6.38. The third kappa shape index (κ3) is 4.76. The summed E-state index contributed by atoms with van der Waals surface area (Å²) in [5, 5.41) is 1.47. The average Bonchev–Trinajstić information content (AvgIpc) is 2.67. The monoisotopic (exact) mass is 434 g/mol. The van der Waals surface area contributed by atoms with Crippen molar-refractivity contribution in [2.24, 2.45) is 0 Å². The van der Waals surface area contributed by atoms with Crippen molar-refractivity contribution in [1.29, 1.82) is 0 Å². The summed E-state index contributed by atoms with van der Waals surface area (Å²) in [6.45, 7) is 0.648. The predicted molar refractivity (Wildman–Crippen MR) is 114 cm³/mol. The first-order valence-corrected chi connectivity index (χ1v) is 9.62. The maximum atomic E-state index is 12.8. The molecule has 1 aromatic heterocycles. The molecule has 144 valence electrons. The van der Waals surface area contributed by atoms with Crippen molar-refractivity contribution in [2.45, 2.75) is 13.1 Å². The summed E-state index contributed by atoms with van der Waals surface area (Å²) in [4.78, 5) is 26.6. The molecule has 0 unspecified atom stereocenters.